The van der Waals surface area contributed by atoms with E-state index in [9.17, 15) is 0 Å². The maximum absolute atomic E-state index is 7.64. The van der Waals surface area contributed by atoms with Crippen LogP contribution in [0.25, 0.3) is 0 Å². The molecule has 0 aromatic rings. The molecule has 0 radical (unpaired) electrons. The minimum absolute atomic E-state index is 0.0473. The Kier molecular flexibility index (Phi) is 11.0. The molecular formula is C32H65AlO. The van der Waals surface area contributed by atoms with Crippen LogP contribution in [0.3, 0.4) is 0 Å². The molecule has 202 valence electrons. The summed E-state index contributed by atoms with van der Waals surface area (Å²) < 4.78 is 7.64. The van der Waals surface area contributed by atoms with Gasteiger partial charge in [0.1, 0.15) is 0 Å². The summed E-state index contributed by atoms with van der Waals surface area (Å²) >= 11 is -1.26. The van der Waals surface area contributed by atoms with Gasteiger partial charge < -0.3 is 3.79 Å². The van der Waals surface area contributed by atoms with Gasteiger partial charge in [0, 0.05) is 5.60 Å². The lowest BCUT2D eigenvalue weighted by atomic mass is 9.63. The minimum atomic E-state index is -1.26. The summed E-state index contributed by atoms with van der Waals surface area (Å²) in [5.74, 6) is 3.43. The van der Waals surface area contributed by atoms with E-state index >= 15 is 0 Å². The van der Waals surface area contributed by atoms with Crippen LogP contribution in [-0.4, -0.2) is 20.1 Å². The molecular weight excluding hydrogens is 427 g/mol. The molecule has 0 saturated carbocycles. The average Bonchev–Trinajstić information content (AvgIpc) is 2.60. The highest BCUT2D eigenvalue weighted by Crippen LogP contribution is 2.51. The molecule has 0 N–H and O–H groups in total. The fourth-order valence-corrected chi connectivity index (χ4v) is 9.09. The smallest absolute Gasteiger partial charge is 0.461 e. The van der Waals surface area contributed by atoms with E-state index in [-0.39, 0.29) is 5.60 Å². The van der Waals surface area contributed by atoms with Crippen LogP contribution < -0.4 is 0 Å². The van der Waals surface area contributed by atoms with Gasteiger partial charge in [0.2, 0.25) is 0 Å². The lowest BCUT2D eigenvalue weighted by Gasteiger charge is -2.54. The third-order valence-corrected chi connectivity index (χ3v) is 13.5. The van der Waals surface area contributed by atoms with Crippen molar-refractivity contribution in [3.63, 3.8) is 0 Å². The summed E-state index contributed by atoms with van der Waals surface area (Å²) in [6.45, 7) is 39.1. The second-order valence-electron chi connectivity index (χ2n) is 17.0. The summed E-state index contributed by atoms with van der Waals surface area (Å²) in [4.78, 5) is 0. The maximum atomic E-state index is 7.64. The Morgan fingerprint density at radius 2 is 1.03 bits per heavy atom. The monoisotopic (exact) mass is 492 g/mol. The molecule has 34 heavy (non-hydrogen) atoms. The van der Waals surface area contributed by atoms with Gasteiger partial charge in [-0.3, -0.25) is 0 Å². The quantitative estimate of drug-likeness (QED) is 0.306. The molecule has 0 aromatic carbocycles. The van der Waals surface area contributed by atoms with Crippen molar-refractivity contribution in [1.82, 2.24) is 0 Å². The van der Waals surface area contributed by atoms with Crippen molar-refractivity contribution >= 4 is 14.5 Å². The lowest BCUT2D eigenvalue weighted by molar-refractivity contribution is -0.0802. The second kappa shape index (κ2) is 11.5. The van der Waals surface area contributed by atoms with Crippen molar-refractivity contribution < 1.29 is 3.79 Å². The molecule has 2 heteroatoms. The normalized spacial score (nSPS) is 26.8. The zero-order chi connectivity index (χ0) is 26.9. The van der Waals surface area contributed by atoms with E-state index in [0.717, 1.165) is 5.92 Å². The van der Waals surface area contributed by atoms with Gasteiger partial charge in [0.05, 0.1) is 0 Å². The van der Waals surface area contributed by atoms with Crippen LogP contribution in [0.4, 0.5) is 0 Å². The number of hydrogen-bond acceptors (Lipinski definition) is 1. The van der Waals surface area contributed by atoms with E-state index in [1.807, 2.05) is 0 Å². The Morgan fingerprint density at radius 3 is 1.38 bits per heavy atom. The van der Waals surface area contributed by atoms with Crippen LogP contribution in [0, 0.1) is 51.2 Å². The van der Waals surface area contributed by atoms with E-state index in [1.165, 1.54) is 36.2 Å². The second-order valence-corrected chi connectivity index (χ2v) is 19.6. The Bertz CT molecular complexity index is 587. The molecule has 5 atom stereocenters. The first-order valence-corrected chi connectivity index (χ1v) is 16.8. The van der Waals surface area contributed by atoms with Crippen LogP contribution in [0.2, 0.25) is 10.6 Å². The summed E-state index contributed by atoms with van der Waals surface area (Å²) in [7, 11) is 0. The molecule has 5 unspecified atom stereocenters. The van der Waals surface area contributed by atoms with Gasteiger partial charge in [-0.2, -0.15) is 0 Å². The zero-order valence-electron chi connectivity index (χ0n) is 26.6. The summed E-state index contributed by atoms with van der Waals surface area (Å²) in [6, 6.07) is 0. The molecule has 1 nitrogen and oxygen atoms in total. The average molecular weight is 493 g/mol. The van der Waals surface area contributed by atoms with Gasteiger partial charge in [-0.25, -0.2) is 0 Å². The predicted octanol–water partition coefficient (Wildman–Crippen LogP) is 10.7. The molecule has 0 aliphatic carbocycles. The topological polar surface area (TPSA) is 9.23 Å². The molecule has 1 aliphatic rings. The third-order valence-electron chi connectivity index (χ3n) is 10.5. The Labute approximate surface area is 221 Å². The van der Waals surface area contributed by atoms with E-state index < -0.39 is 14.5 Å². The van der Waals surface area contributed by atoms with Crippen LogP contribution in [-0.2, 0) is 3.79 Å². The van der Waals surface area contributed by atoms with Crippen molar-refractivity contribution in [1.29, 1.82) is 0 Å². The Balaban J connectivity index is 3.45. The molecule has 1 aliphatic heterocycles. The molecule has 1 heterocycles. The first-order valence-electron chi connectivity index (χ1n) is 14.7. The van der Waals surface area contributed by atoms with Gasteiger partial charge in [0.15, 0.2) is 0 Å². The molecule has 1 fully saturated rings. The Hall–Kier alpha value is 0.492. The summed E-state index contributed by atoms with van der Waals surface area (Å²) in [6.07, 6.45) is 5.16. The van der Waals surface area contributed by atoms with Crippen LogP contribution in [0.5, 0.6) is 0 Å². The molecule has 0 aromatic heterocycles. The highest BCUT2D eigenvalue weighted by Gasteiger charge is 2.50. The van der Waals surface area contributed by atoms with Crippen molar-refractivity contribution in [2.45, 2.75) is 153 Å². The van der Waals surface area contributed by atoms with E-state index in [0.29, 0.717) is 45.3 Å². The molecule has 0 bridgehead atoms. The van der Waals surface area contributed by atoms with Crippen molar-refractivity contribution in [3.8, 4) is 0 Å². The van der Waals surface area contributed by atoms with Crippen molar-refractivity contribution in [2.24, 2.45) is 51.2 Å². The first-order chi connectivity index (χ1) is 15.0. The van der Waals surface area contributed by atoms with Crippen LogP contribution >= 0.6 is 0 Å². The van der Waals surface area contributed by atoms with E-state index in [2.05, 4.69) is 111 Å². The number of rotatable bonds is 8. The molecule has 0 amide bonds. The van der Waals surface area contributed by atoms with E-state index in [1.54, 1.807) is 0 Å². The fourth-order valence-electron chi connectivity index (χ4n) is 5.33. The summed E-state index contributed by atoms with van der Waals surface area (Å²) in [5, 5.41) is 2.71. The van der Waals surface area contributed by atoms with Crippen molar-refractivity contribution in [2.75, 3.05) is 0 Å². The molecule has 1 rings (SSSR count). The highest BCUT2D eigenvalue weighted by molar-refractivity contribution is 6.52. The minimum Gasteiger partial charge on any atom is -0.496 e. The van der Waals surface area contributed by atoms with Crippen molar-refractivity contribution in [3.05, 3.63) is 0 Å². The van der Waals surface area contributed by atoms with Gasteiger partial charge in [-0.05, 0) is 70.5 Å². The predicted molar refractivity (Wildman–Crippen MR) is 156 cm³/mol. The van der Waals surface area contributed by atoms with Crippen LogP contribution in [0.15, 0.2) is 0 Å². The molecule has 0 spiro atoms. The zero-order valence-corrected chi connectivity index (χ0v) is 27.8. The maximum Gasteiger partial charge on any atom is 0.461 e. The number of hydrogen-bond donors (Lipinski definition) is 0. The van der Waals surface area contributed by atoms with Gasteiger partial charge in [-0.1, -0.05) is 128 Å². The van der Waals surface area contributed by atoms with Gasteiger partial charge in [-0.15, -0.1) is 0 Å². The van der Waals surface area contributed by atoms with E-state index in [4.69, 9.17) is 3.79 Å². The lowest BCUT2D eigenvalue weighted by Crippen LogP contribution is -2.54. The highest BCUT2D eigenvalue weighted by atomic mass is 27.2. The third kappa shape index (κ3) is 9.42. The van der Waals surface area contributed by atoms with Crippen LogP contribution in [0.1, 0.15) is 136 Å². The standard InChI is InChI=1S/C25H50O.C7H15.Al/c1-14-21(15-18(2)22(5,6)7)25(26,16-19(3)23(8,9)10)17-20(4)24(11,12)13;1-6(2)7(3,4)5;/h18-21H,1,14-17H2,2-13H3;6H,1H2,2-5H3;/q-1;;+1. The van der Waals surface area contributed by atoms with Gasteiger partial charge in [0.25, 0.3) is 0 Å². The first kappa shape index (κ1) is 32.5. The summed E-state index contributed by atoms with van der Waals surface area (Å²) in [5.41, 5.74) is 1.40. The molecule has 1 saturated heterocycles. The fraction of sp³-hybridized carbons (Fsp3) is 1.00. The van der Waals surface area contributed by atoms with Gasteiger partial charge >= 0.3 is 14.5 Å². The largest absolute Gasteiger partial charge is 0.496 e. The SMILES string of the molecule is CC(CC1C[CH2][Al]([CH2]C(C)C(C)(C)C)[O]C1(CC(C)C(C)(C)C)CC(C)C(C)(C)C)C(C)(C)C. The Morgan fingerprint density at radius 1 is 0.647 bits per heavy atom.